The van der Waals surface area contributed by atoms with E-state index in [1.165, 1.54) is 13.8 Å². The van der Waals surface area contributed by atoms with Crippen molar-refractivity contribution in [1.82, 2.24) is 5.16 Å². The fourth-order valence-corrected chi connectivity index (χ4v) is 0.884. The Bertz CT molecular complexity index is 395. The molecule has 14 heavy (non-hydrogen) atoms. The van der Waals surface area contributed by atoms with E-state index in [2.05, 4.69) is 20.1 Å². The third-order valence-electron chi connectivity index (χ3n) is 1.60. The molecule has 0 fully saturated rings. The van der Waals surface area contributed by atoms with E-state index in [9.17, 15) is 5.21 Å². The molecular formula is C6H8N4O4. The molecule has 1 rings (SSSR count). The fourth-order valence-electron chi connectivity index (χ4n) is 0.884. The zero-order valence-electron chi connectivity index (χ0n) is 7.50. The maximum Gasteiger partial charge on any atom is 0.274 e. The molecule has 1 aromatic heterocycles. The fraction of sp³-hybridized carbons (Fsp3) is 0.333. The summed E-state index contributed by atoms with van der Waals surface area (Å²) in [5.74, 6) is 0. The maximum absolute atomic E-state index is 11.0. The van der Waals surface area contributed by atoms with E-state index < -0.39 is 0 Å². The van der Waals surface area contributed by atoms with E-state index in [1.807, 2.05) is 0 Å². The van der Waals surface area contributed by atoms with Gasteiger partial charge in [-0.25, -0.2) is 0 Å². The molecule has 76 valence electrons. The zero-order chi connectivity index (χ0) is 10.7. The van der Waals surface area contributed by atoms with E-state index >= 15 is 0 Å². The molecule has 0 saturated carbocycles. The largest absolute Gasteiger partial charge is 0.411 e. The minimum absolute atomic E-state index is 0.0132. The Morgan fingerprint density at radius 3 is 2.43 bits per heavy atom. The second kappa shape index (κ2) is 3.73. The van der Waals surface area contributed by atoms with Gasteiger partial charge in [0.1, 0.15) is 11.4 Å². The van der Waals surface area contributed by atoms with Gasteiger partial charge in [0.15, 0.2) is 0 Å². The Morgan fingerprint density at radius 1 is 1.36 bits per heavy atom. The average molecular weight is 200 g/mol. The lowest BCUT2D eigenvalue weighted by atomic mass is 10.2. The van der Waals surface area contributed by atoms with Crippen molar-refractivity contribution in [3.8, 4) is 0 Å². The maximum atomic E-state index is 11.0. The van der Waals surface area contributed by atoms with Gasteiger partial charge in [-0.2, -0.15) is 0 Å². The van der Waals surface area contributed by atoms with Crippen LogP contribution < -0.4 is 4.90 Å². The van der Waals surface area contributed by atoms with Crippen molar-refractivity contribution in [3.05, 3.63) is 16.6 Å². The molecule has 0 radical (unpaired) electrons. The molecule has 0 spiro atoms. The highest BCUT2D eigenvalue weighted by Crippen LogP contribution is 2.04. The third kappa shape index (κ3) is 1.49. The highest BCUT2D eigenvalue weighted by atomic mass is 16.8. The van der Waals surface area contributed by atoms with Crippen LogP contribution in [-0.2, 0) is 0 Å². The highest BCUT2D eigenvalue weighted by molar-refractivity contribution is 6.07. The number of oxime groups is 2. The lowest BCUT2D eigenvalue weighted by Gasteiger charge is -1.93. The van der Waals surface area contributed by atoms with Gasteiger partial charge in [-0.1, -0.05) is 10.3 Å². The van der Waals surface area contributed by atoms with Crippen molar-refractivity contribution >= 4 is 11.4 Å². The lowest BCUT2D eigenvalue weighted by molar-refractivity contribution is -0.803. The van der Waals surface area contributed by atoms with Gasteiger partial charge in [0.25, 0.3) is 11.4 Å². The molecule has 0 amide bonds. The number of rotatable bonds is 2. The van der Waals surface area contributed by atoms with Gasteiger partial charge in [-0.15, -0.1) is 0 Å². The first-order valence-electron chi connectivity index (χ1n) is 3.59. The van der Waals surface area contributed by atoms with Crippen molar-refractivity contribution in [2.24, 2.45) is 10.3 Å². The van der Waals surface area contributed by atoms with Crippen LogP contribution in [-0.4, -0.2) is 27.0 Å². The summed E-state index contributed by atoms with van der Waals surface area (Å²) < 4.78 is 4.27. The molecule has 0 aliphatic heterocycles. The van der Waals surface area contributed by atoms with Crippen molar-refractivity contribution in [3.63, 3.8) is 0 Å². The molecule has 2 N–H and O–H groups in total. The predicted molar refractivity (Wildman–Crippen MR) is 43.5 cm³/mol. The standard InChI is InChI=1S/C6H8N4O4/c1-3(7-11)5-6(4(2)8-12)10(13)14-9-5/h11-12H,1-2H3/b7-3-,8-4-. The smallest absolute Gasteiger partial charge is 0.274 e. The molecule has 1 aromatic rings. The first-order valence-corrected chi connectivity index (χ1v) is 3.59. The summed E-state index contributed by atoms with van der Waals surface area (Å²) in [6.45, 7) is 2.81. The second-order valence-corrected chi connectivity index (χ2v) is 2.50. The average Bonchev–Trinajstić information content (AvgIpc) is 2.58. The van der Waals surface area contributed by atoms with Gasteiger partial charge in [-0.05, 0) is 18.8 Å². The number of nitrogens with zero attached hydrogens (tertiary/aromatic N) is 4. The number of hydrogen-bond donors (Lipinski definition) is 2. The normalized spacial score (nSPS) is 13.3. The van der Waals surface area contributed by atoms with Crippen LogP contribution in [0, 0.1) is 5.21 Å². The molecule has 0 atom stereocenters. The summed E-state index contributed by atoms with van der Waals surface area (Å²) in [4.78, 5) is 0.0685. The Kier molecular flexibility index (Phi) is 2.65. The zero-order valence-corrected chi connectivity index (χ0v) is 7.50. The first kappa shape index (κ1) is 9.96. The first-order chi connectivity index (χ1) is 6.61. The predicted octanol–water partition coefficient (Wildman–Crippen LogP) is -0.296. The number of hydrogen-bond acceptors (Lipinski definition) is 7. The van der Waals surface area contributed by atoms with Crippen molar-refractivity contribution in [2.75, 3.05) is 0 Å². The topological polar surface area (TPSA) is 118 Å². The molecule has 8 heteroatoms. The van der Waals surface area contributed by atoms with Crippen LogP contribution in [0.25, 0.3) is 0 Å². The van der Waals surface area contributed by atoms with E-state index in [-0.39, 0.29) is 27.7 Å². The second-order valence-electron chi connectivity index (χ2n) is 2.50. The minimum Gasteiger partial charge on any atom is -0.411 e. The van der Waals surface area contributed by atoms with Crippen LogP contribution in [0.15, 0.2) is 14.9 Å². The van der Waals surface area contributed by atoms with Crippen LogP contribution in [0.2, 0.25) is 0 Å². The summed E-state index contributed by atoms with van der Waals surface area (Å²) in [7, 11) is 0. The van der Waals surface area contributed by atoms with Crippen molar-refractivity contribution in [2.45, 2.75) is 13.8 Å². The molecule has 0 aliphatic carbocycles. The summed E-state index contributed by atoms with van der Waals surface area (Å²) in [5, 5.41) is 37.0. The summed E-state index contributed by atoms with van der Waals surface area (Å²) in [6, 6.07) is 0. The Labute approximate surface area is 78.3 Å². The van der Waals surface area contributed by atoms with Crippen LogP contribution in [0.3, 0.4) is 0 Å². The Morgan fingerprint density at radius 2 is 1.93 bits per heavy atom. The van der Waals surface area contributed by atoms with Crippen LogP contribution >= 0.6 is 0 Å². The molecule has 0 aliphatic rings. The number of aromatic nitrogens is 2. The van der Waals surface area contributed by atoms with Gasteiger partial charge in [0.05, 0.1) is 0 Å². The summed E-state index contributed by atoms with van der Waals surface area (Å²) >= 11 is 0. The Hall–Kier alpha value is -2.12. The van der Waals surface area contributed by atoms with Crippen LogP contribution in [0.5, 0.6) is 0 Å². The molecular weight excluding hydrogens is 192 g/mol. The van der Waals surface area contributed by atoms with E-state index in [1.54, 1.807) is 0 Å². The van der Waals surface area contributed by atoms with Gasteiger partial charge in [0, 0.05) is 5.16 Å². The SMILES string of the molecule is C/C(=N/O)c1no[n+]([O-])c1/C(C)=N\O. The molecule has 0 bridgehead atoms. The third-order valence-corrected chi connectivity index (χ3v) is 1.60. The van der Waals surface area contributed by atoms with E-state index in [0.29, 0.717) is 0 Å². The monoisotopic (exact) mass is 200 g/mol. The van der Waals surface area contributed by atoms with Gasteiger partial charge < -0.3 is 15.6 Å². The molecule has 0 unspecified atom stereocenters. The summed E-state index contributed by atoms with van der Waals surface area (Å²) in [6.07, 6.45) is 0. The van der Waals surface area contributed by atoms with Crippen LogP contribution in [0.1, 0.15) is 25.2 Å². The Balaban J connectivity index is 3.33. The highest BCUT2D eigenvalue weighted by Gasteiger charge is 2.24. The van der Waals surface area contributed by atoms with Gasteiger partial charge in [-0.3, -0.25) is 4.63 Å². The van der Waals surface area contributed by atoms with Gasteiger partial charge >= 0.3 is 0 Å². The van der Waals surface area contributed by atoms with E-state index in [4.69, 9.17) is 10.4 Å². The molecule has 8 nitrogen and oxygen atoms in total. The minimum atomic E-state index is -0.0946. The molecule has 0 aromatic carbocycles. The van der Waals surface area contributed by atoms with Crippen LogP contribution in [0.4, 0.5) is 0 Å². The quantitative estimate of drug-likeness (QED) is 0.294. The lowest BCUT2D eigenvalue weighted by Crippen LogP contribution is -2.31. The van der Waals surface area contributed by atoms with E-state index in [0.717, 1.165) is 0 Å². The molecule has 1 heterocycles. The van der Waals surface area contributed by atoms with Gasteiger partial charge in [0.2, 0.25) is 0 Å². The molecule has 0 saturated heterocycles. The van der Waals surface area contributed by atoms with Crippen molar-refractivity contribution < 1.29 is 19.9 Å². The van der Waals surface area contributed by atoms with Crippen molar-refractivity contribution in [1.29, 1.82) is 0 Å². The summed E-state index contributed by atoms with van der Waals surface area (Å²) in [5.41, 5.74) is 0.0289.